The second kappa shape index (κ2) is 6.87. The van der Waals surface area contributed by atoms with Gasteiger partial charge < -0.3 is 10.1 Å². The quantitative estimate of drug-likeness (QED) is 0.831. The summed E-state index contributed by atoms with van der Waals surface area (Å²) >= 11 is 10.3. The molecule has 0 spiro atoms. The summed E-state index contributed by atoms with van der Waals surface area (Å²) in [5.74, 6) is 0.437. The Bertz CT molecular complexity index is 656. The molecule has 0 aliphatic carbocycles. The molecule has 0 aliphatic heterocycles. The number of thiol groups is 1. The summed E-state index contributed by atoms with van der Waals surface area (Å²) in [7, 11) is 1.54. The number of anilines is 1. The van der Waals surface area contributed by atoms with Crippen LogP contribution in [0.4, 0.5) is 5.69 Å². The first-order valence-corrected chi connectivity index (χ1v) is 7.24. The van der Waals surface area contributed by atoms with E-state index in [1.807, 2.05) is 31.2 Å². The van der Waals surface area contributed by atoms with E-state index in [4.69, 9.17) is 16.3 Å². The van der Waals surface area contributed by atoms with Gasteiger partial charge >= 0.3 is 0 Å². The van der Waals surface area contributed by atoms with Crippen molar-refractivity contribution in [3.63, 3.8) is 0 Å². The van der Waals surface area contributed by atoms with Crippen LogP contribution < -0.4 is 10.1 Å². The fourth-order valence-electron chi connectivity index (χ4n) is 1.92. The molecule has 21 heavy (non-hydrogen) atoms. The number of nitrogens with one attached hydrogen (secondary N) is 1. The third-order valence-electron chi connectivity index (χ3n) is 3.06. The third-order valence-corrected chi connectivity index (χ3v) is 3.76. The summed E-state index contributed by atoms with van der Waals surface area (Å²) in [6, 6.07) is 11.0. The lowest BCUT2D eigenvalue weighted by atomic mass is 10.1. The van der Waals surface area contributed by atoms with Crippen molar-refractivity contribution in [1.82, 2.24) is 0 Å². The van der Waals surface area contributed by atoms with E-state index in [0.717, 1.165) is 16.0 Å². The maximum absolute atomic E-state index is 12.1. The number of halogens is 1. The normalized spacial score (nSPS) is 10.3. The molecule has 5 heteroatoms. The number of hydrogen-bond donors (Lipinski definition) is 2. The Labute approximate surface area is 134 Å². The van der Waals surface area contributed by atoms with Crippen LogP contribution in [0.5, 0.6) is 5.75 Å². The molecule has 0 saturated carbocycles. The number of rotatable bonds is 4. The highest BCUT2D eigenvalue weighted by atomic mass is 35.5. The minimum Gasteiger partial charge on any atom is -0.495 e. The average molecular weight is 322 g/mol. The predicted molar refractivity (Wildman–Crippen MR) is 88.8 cm³/mol. The van der Waals surface area contributed by atoms with E-state index in [0.29, 0.717) is 22.9 Å². The van der Waals surface area contributed by atoms with Crippen LogP contribution in [0.15, 0.2) is 41.3 Å². The monoisotopic (exact) mass is 321 g/mol. The summed E-state index contributed by atoms with van der Waals surface area (Å²) in [6.45, 7) is 1.88. The van der Waals surface area contributed by atoms with Crippen LogP contribution in [0.25, 0.3) is 0 Å². The number of ether oxygens (including phenoxy) is 1. The van der Waals surface area contributed by atoms with Gasteiger partial charge in [-0.3, -0.25) is 4.79 Å². The van der Waals surface area contributed by atoms with Gasteiger partial charge in [-0.05, 0) is 36.2 Å². The number of benzene rings is 2. The molecular formula is C16H16ClNO2S. The molecule has 0 aliphatic rings. The summed E-state index contributed by atoms with van der Waals surface area (Å²) in [4.78, 5) is 13.0. The zero-order valence-electron chi connectivity index (χ0n) is 11.8. The minimum atomic E-state index is -0.109. The Balaban J connectivity index is 2.12. The largest absolute Gasteiger partial charge is 0.495 e. The van der Waals surface area contributed by atoms with Gasteiger partial charge in [0.05, 0.1) is 19.2 Å². The van der Waals surface area contributed by atoms with E-state index in [2.05, 4.69) is 17.9 Å². The molecule has 2 aromatic rings. The molecule has 3 nitrogen and oxygen atoms in total. The van der Waals surface area contributed by atoms with E-state index in [-0.39, 0.29) is 5.91 Å². The molecule has 0 heterocycles. The van der Waals surface area contributed by atoms with Crippen molar-refractivity contribution in [3.05, 3.63) is 52.5 Å². The molecule has 0 aromatic heterocycles. The fourth-order valence-corrected chi connectivity index (χ4v) is 2.23. The molecule has 2 aromatic carbocycles. The lowest BCUT2D eigenvalue weighted by Crippen LogP contribution is -2.15. The summed E-state index contributed by atoms with van der Waals surface area (Å²) < 4.78 is 5.24. The standard InChI is InChI=1S/C16H16ClNO2S/c1-10-7-14(15(20-2)9-13(10)17)18-16(19)8-11-3-5-12(21)6-4-11/h3-7,9,21H,8H2,1-2H3,(H,18,19). The average Bonchev–Trinajstić information content (AvgIpc) is 2.45. The summed E-state index contributed by atoms with van der Waals surface area (Å²) in [5.41, 5.74) is 2.43. The highest BCUT2D eigenvalue weighted by molar-refractivity contribution is 7.80. The molecule has 0 saturated heterocycles. The van der Waals surface area contributed by atoms with Gasteiger partial charge in [-0.1, -0.05) is 23.7 Å². The molecule has 0 atom stereocenters. The number of methoxy groups -OCH3 is 1. The SMILES string of the molecule is COc1cc(Cl)c(C)cc1NC(=O)Cc1ccc(S)cc1. The van der Waals surface area contributed by atoms with Crippen LogP contribution in [0.2, 0.25) is 5.02 Å². The lowest BCUT2D eigenvalue weighted by molar-refractivity contribution is -0.115. The van der Waals surface area contributed by atoms with Crippen LogP contribution in [0.1, 0.15) is 11.1 Å². The Morgan fingerprint density at radius 3 is 2.57 bits per heavy atom. The second-order valence-corrected chi connectivity index (χ2v) is 5.62. The second-order valence-electron chi connectivity index (χ2n) is 4.69. The smallest absolute Gasteiger partial charge is 0.228 e. The van der Waals surface area contributed by atoms with Gasteiger partial charge in [0.15, 0.2) is 0 Å². The highest BCUT2D eigenvalue weighted by Gasteiger charge is 2.10. The van der Waals surface area contributed by atoms with Crippen LogP contribution in [0.3, 0.4) is 0 Å². The zero-order valence-corrected chi connectivity index (χ0v) is 13.5. The van der Waals surface area contributed by atoms with Crippen molar-refractivity contribution in [2.24, 2.45) is 0 Å². The molecule has 1 amide bonds. The van der Waals surface area contributed by atoms with E-state index in [9.17, 15) is 4.79 Å². The number of hydrogen-bond acceptors (Lipinski definition) is 3. The van der Waals surface area contributed by atoms with Crippen molar-refractivity contribution >= 4 is 35.8 Å². The first-order chi connectivity index (χ1) is 9.99. The maximum Gasteiger partial charge on any atom is 0.228 e. The van der Waals surface area contributed by atoms with Gasteiger partial charge in [0.2, 0.25) is 5.91 Å². The molecule has 2 rings (SSSR count). The van der Waals surface area contributed by atoms with Crippen molar-refractivity contribution in [3.8, 4) is 5.75 Å². The van der Waals surface area contributed by atoms with Gasteiger partial charge in [-0.25, -0.2) is 0 Å². The Morgan fingerprint density at radius 1 is 1.29 bits per heavy atom. The predicted octanol–water partition coefficient (Wildman–Crippen LogP) is 4.13. The van der Waals surface area contributed by atoms with Gasteiger partial charge in [-0.15, -0.1) is 12.6 Å². The third kappa shape index (κ3) is 4.16. The highest BCUT2D eigenvalue weighted by Crippen LogP contribution is 2.31. The van der Waals surface area contributed by atoms with Gasteiger partial charge in [0.25, 0.3) is 0 Å². The number of aryl methyl sites for hydroxylation is 1. The fraction of sp³-hybridized carbons (Fsp3) is 0.188. The van der Waals surface area contributed by atoms with Crippen LogP contribution in [-0.4, -0.2) is 13.0 Å². The van der Waals surface area contributed by atoms with E-state index in [1.165, 1.54) is 0 Å². The first kappa shape index (κ1) is 15.7. The van der Waals surface area contributed by atoms with E-state index >= 15 is 0 Å². The van der Waals surface area contributed by atoms with Gasteiger partial charge in [0, 0.05) is 16.0 Å². The van der Waals surface area contributed by atoms with E-state index in [1.54, 1.807) is 19.2 Å². The van der Waals surface area contributed by atoms with Gasteiger partial charge in [-0.2, -0.15) is 0 Å². The van der Waals surface area contributed by atoms with Crippen molar-refractivity contribution in [2.75, 3.05) is 12.4 Å². The first-order valence-electron chi connectivity index (χ1n) is 6.41. The van der Waals surface area contributed by atoms with Crippen LogP contribution in [0, 0.1) is 6.92 Å². The van der Waals surface area contributed by atoms with Crippen molar-refractivity contribution in [1.29, 1.82) is 0 Å². The lowest BCUT2D eigenvalue weighted by Gasteiger charge is -2.12. The molecule has 0 bridgehead atoms. The van der Waals surface area contributed by atoms with E-state index < -0.39 is 0 Å². The number of amides is 1. The number of carbonyl (C=O) groups excluding carboxylic acids is 1. The van der Waals surface area contributed by atoms with Gasteiger partial charge in [0.1, 0.15) is 5.75 Å². The Morgan fingerprint density at radius 2 is 1.95 bits per heavy atom. The molecule has 1 N–H and O–H groups in total. The van der Waals surface area contributed by atoms with Crippen molar-refractivity contribution < 1.29 is 9.53 Å². The number of carbonyl (C=O) groups is 1. The minimum absolute atomic E-state index is 0.109. The summed E-state index contributed by atoms with van der Waals surface area (Å²) in [5, 5.41) is 3.46. The zero-order chi connectivity index (χ0) is 15.4. The topological polar surface area (TPSA) is 38.3 Å². The molecule has 0 fully saturated rings. The Kier molecular flexibility index (Phi) is 5.15. The molecule has 0 radical (unpaired) electrons. The molecule has 110 valence electrons. The summed E-state index contributed by atoms with van der Waals surface area (Å²) in [6.07, 6.45) is 0.291. The van der Waals surface area contributed by atoms with Crippen LogP contribution in [-0.2, 0) is 11.2 Å². The molecular weight excluding hydrogens is 306 g/mol. The van der Waals surface area contributed by atoms with Crippen LogP contribution >= 0.6 is 24.2 Å². The van der Waals surface area contributed by atoms with Crippen molar-refractivity contribution in [2.45, 2.75) is 18.2 Å². The maximum atomic E-state index is 12.1. The molecule has 0 unspecified atom stereocenters. The Hall–Kier alpha value is -1.65.